The third kappa shape index (κ3) is 4.65. The van der Waals surface area contributed by atoms with Gasteiger partial charge in [-0.15, -0.1) is 0 Å². The Morgan fingerprint density at radius 2 is 1.43 bits per heavy atom. The van der Waals surface area contributed by atoms with E-state index < -0.39 is 0 Å². The van der Waals surface area contributed by atoms with Crippen molar-refractivity contribution in [2.75, 3.05) is 65.6 Å². The second-order valence-corrected chi connectivity index (χ2v) is 7.31. The minimum atomic E-state index is 0.834. The number of hydrogen-bond acceptors (Lipinski definition) is 4. The van der Waals surface area contributed by atoms with Gasteiger partial charge >= 0.3 is 0 Å². The van der Waals surface area contributed by atoms with Gasteiger partial charge in [0.25, 0.3) is 0 Å². The Labute approximate surface area is 131 Å². The fourth-order valence-corrected chi connectivity index (χ4v) is 4.18. The van der Waals surface area contributed by atoms with Crippen molar-refractivity contribution in [1.29, 1.82) is 0 Å². The van der Waals surface area contributed by atoms with Gasteiger partial charge in [-0.05, 0) is 65.2 Å². The van der Waals surface area contributed by atoms with Crippen molar-refractivity contribution >= 4 is 0 Å². The minimum absolute atomic E-state index is 0.834. The third-order valence-corrected chi connectivity index (χ3v) is 5.67. The van der Waals surface area contributed by atoms with Crippen LogP contribution < -0.4 is 0 Å². The van der Waals surface area contributed by atoms with Crippen molar-refractivity contribution in [1.82, 2.24) is 19.6 Å². The average molecular weight is 294 g/mol. The van der Waals surface area contributed by atoms with Crippen molar-refractivity contribution < 1.29 is 0 Å². The first kappa shape index (κ1) is 15.7. The summed E-state index contributed by atoms with van der Waals surface area (Å²) >= 11 is 0. The summed E-state index contributed by atoms with van der Waals surface area (Å²) in [6.45, 7) is 15.4. The predicted octanol–water partition coefficient (Wildman–Crippen LogP) is 1.53. The molecule has 0 saturated carbocycles. The molecule has 3 rings (SSSR count). The molecule has 0 amide bonds. The Morgan fingerprint density at radius 1 is 0.714 bits per heavy atom. The molecule has 0 N–H and O–H groups in total. The monoisotopic (exact) mass is 294 g/mol. The molecule has 3 saturated heterocycles. The molecular formula is C17H34N4. The quantitative estimate of drug-likeness (QED) is 0.706. The Hall–Kier alpha value is -0.160. The third-order valence-electron chi connectivity index (χ3n) is 5.67. The van der Waals surface area contributed by atoms with Gasteiger partial charge in [-0.1, -0.05) is 0 Å². The maximum absolute atomic E-state index is 2.68. The molecule has 21 heavy (non-hydrogen) atoms. The minimum Gasteiger partial charge on any atom is -0.302 e. The van der Waals surface area contributed by atoms with Crippen LogP contribution in [0.1, 0.15) is 39.0 Å². The van der Waals surface area contributed by atoms with E-state index in [4.69, 9.17) is 0 Å². The van der Waals surface area contributed by atoms with Crippen molar-refractivity contribution in [2.24, 2.45) is 0 Å². The van der Waals surface area contributed by atoms with E-state index in [9.17, 15) is 0 Å². The smallest absolute Gasteiger partial charge is 0.0507 e. The van der Waals surface area contributed by atoms with Crippen LogP contribution in [0.3, 0.4) is 0 Å². The van der Waals surface area contributed by atoms with E-state index in [2.05, 4.69) is 26.5 Å². The normalized spacial score (nSPS) is 29.9. The summed E-state index contributed by atoms with van der Waals surface area (Å²) in [6, 6.07) is 0.834. The first-order valence-corrected chi connectivity index (χ1v) is 9.22. The summed E-state index contributed by atoms with van der Waals surface area (Å²) in [5.41, 5.74) is 0. The van der Waals surface area contributed by atoms with Crippen molar-refractivity contribution in [3.05, 3.63) is 0 Å². The summed E-state index contributed by atoms with van der Waals surface area (Å²) in [5, 5.41) is 0. The second kappa shape index (κ2) is 7.91. The lowest BCUT2D eigenvalue weighted by Crippen LogP contribution is -2.34. The van der Waals surface area contributed by atoms with Gasteiger partial charge in [0.2, 0.25) is 0 Å². The molecular weight excluding hydrogens is 260 g/mol. The lowest BCUT2D eigenvalue weighted by atomic mass is 10.2. The molecule has 4 nitrogen and oxygen atoms in total. The van der Waals surface area contributed by atoms with Gasteiger partial charge < -0.3 is 9.80 Å². The van der Waals surface area contributed by atoms with Gasteiger partial charge in [0.15, 0.2) is 0 Å². The van der Waals surface area contributed by atoms with E-state index in [0.29, 0.717) is 0 Å². The van der Waals surface area contributed by atoms with Gasteiger partial charge in [0.1, 0.15) is 0 Å². The Balaban J connectivity index is 1.26. The molecule has 3 heterocycles. The molecule has 3 aliphatic heterocycles. The molecule has 3 aliphatic rings. The van der Waals surface area contributed by atoms with Crippen molar-refractivity contribution in [2.45, 2.75) is 45.1 Å². The van der Waals surface area contributed by atoms with Crippen LogP contribution in [-0.4, -0.2) is 91.2 Å². The molecule has 0 bridgehead atoms. The SMILES string of the molecule is CC1CCCN1CCCN1CCN(CCN2CCCC2)C1. The van der Waals surface area contributed by atoms with Gasteiger partial charge in [0.05, 0.1) is 6.67 Å². The van der Waals surface area contributed by atoms with Gasteiger partial charge in [-0.25, -0.2) is 0 Å². The molecule has 0 aromatic carbocycles. The van der Waals surface area contributed by atoms with Crippen LogP contribution in [0.5, 0.6) is 0 Å². The van der Waals surface area contributed by atoms with E-state index in [1.807, 2.05) is 0 Å². The molecule has 0 aromatic rings. The van der Waals surface area contributed by atoms with Crippen molar-refractivity contribution in [3.63, 3.8) is 0 Å². The van der Waals surface area contributed by atoms with Crippen LogP contribution in [-0.2, 0) is 0 Å². The van der Waals surface area contributed by atoms with E-state index in [0.717, 1.165) is 6.04 Å². The van der Waals surface area contributed by atoms with Gasteiger partial charge in [-0.3, -0.25) is 9.80 Å². The topological polar surface area (TPSA) is 13.0 Å². The lowest BCUT2D eigenvalue weighted by Gasteiger charge is -2.23. The summed E-state index contributed by atoms with van der Waals surface area (Å²) in [6.07, 6.45) is 7.01. The summed E-state index contributed by atoms with van der Waals surface area (Å²) in [5.74, 6) is 0. The lowest BCUT2D eigenvalue weighted by molar-refractivity contribution is 0.202. The van der Waals surface area contributed by atoms with Gasteiger partial charge in [-0.2, -0.15) is 0 Å². The zero-order valence-electron chi connectivity index (χ0n) is 14.0. The summed E-state index contributed by atoms with van der Waals surface area (Å²) < 4.78 is 0. The molecule has 1 atom stereocenters. The molecule has 0 spiro atoms. The number of rotatable bonds is 7. The Morgan fingerprint density at radius 3 is 2.14 bits per heavy atom. The molecule has 0 aromatic heterocycles. The zero-order chi connectivity index (χ0) is 14.5. The highest BCUT2D eigenvalue weighted by Crippen LogP contribution is 2.16. The van der Waals surface area contributed by atoms with E-state index >= 15 is 0 Å². The first-order valence-electron chi connectivity index (χ1n) is 9.22. The van der Waals surface area contributed by atoms with Crippen LogP contribution in [0.4, 0.5) is 0 Å². The van der Waals surface area contributed by atoms with Crippen LogP contribution in [0.25, 0.3) is 0 Å². The Bertz CT molecular complexity index is 303. The Kier molecular flexibility index (Phi) is 5.92. The highest BCUT2D eigenvalue weighted by molar-refractivity contribution is 4.77. The zero-order valence-corrected chi connectivity index (χ0v) is 14.0. The molecule has 0 aliphatic carbocycles. The second-order valence-electron chi connectivity index (χ2n) is 7.31. The summed E-state index contributed by atoms with van der Waals surface area (Å²) in [7, 11) is 0. The fourth-order valence-electron chi connectivity index (χ4n) is 4.18. The van der Waals surface area contributed by atoms with Crippen LogP contribution >= 0.6 is 0 Å². The molecule has 3 fully saturated rings. The maximum atomic E-state index is 2.68. The van der Waals surface area contributed by atoms with E-state index in [-0.39, 0.29) is 0 Å². The largest absolute Gasteiger partial charge is 0.302 e. The highest BCUT2D eigenvalue weighted by Gasteiger charge is 2.22. The van der Waals surface area contributed by atoms with Crippen LogP contribution in [0.2, 0.25) is 0 Å². The van der Waals surface area contributed by atoms with E-state index in [1.165, 1.54) is 97.7 Å². The standard InChI is InChI=1S/C17H34N4/c1-17-6-4-10-21(17)11-5-9-19-14-15-20(16-19)13-12-18-7-2-3-8-18/h17H,2-16H2,1H3. The fraction of sp³-hybridized carbons (Fsp3) is 1.00. The maximum Gasteiger partial charge on any atom is 0.0507 e. The first-order chi connectivity index (χ1) is 10.3. The molecule has 4 heteroatoms. The van der Waals surface area contributed by atoms with Crippen LogP contribution in [0.15, 0.2) is 0 Å². The number of likely N-dealkylation sites (tertiary alicyclic amines) is 2. The number of hydrogen-bond donors (Lipinski definition) is 0. The molecule has 0 radical (unpaired) electrons. The van der Waals surface area contributed by atoms with Crippen molar-refractivity contribution in [3.8, 4) is 0 Å². The van der Waals surface area contributed by atoms with E-state index in [1.54, 1.807) is 0 Å². The van der Waals surface area contributed by atoms with Gasteiger partial charge in [0, 0.05) is 38.8 Å². The molecule has 122 valence electrons. The molecule has 1 unspecified atom stereocenters. The summed E-state index contributed by atoms with van der Waals surface area (Å²) in [4.78, 5) is 10.6. The average Bonchev–Trinajstić information content (AvgIpc) is 3.20. The van der Waals surface area contributed by atoms with Crippen LogP contribution in [0, 0.1) is 0 Å². The predicted molar refractivity (Wildman–Crippen MR) is 88.6 cm³/mol. The highest BCUT2D eigenvalue weighted by atomic mass is 15.4. The number of nitrogens with zero attached hydrogens (tertiary/aromatic N) is 4.